The molecule has 0 aliphatic rings. The van der Waals surface area contributed by atoms with Crippen molar-refractivity contribution in [2.24, 2.45) is 0 Å². The Morgan fingerprint density at radius 2 is 1.81 bits per heavy atom. The number of nitriles is 1. The number of halogens is 2. The second kappa shape index (κ2) is 12.9. The molecule has 0 spiro atoms. The predicted molar refractivity (Wildman–Crippen MR) is 149 cm³/mol. The lowest BCUT2D eigenvalue weighted by atomic mass is 10.1. The quantitative estimate of drug-likeness (QED) is 0.216. The summed E-state index contributed by atoms with van der Waals surface area (Å²) in [6, 6.07) is 17.8. The Kier molecular flexibility index (Phi) is 9.72. The molecule has 0 saturated carbocycles. The number of amides is 2. The first kappa shape index (κ1) is 27.8. The molecule has 0 fully saturated rings. The molecule has 0 aliphatic heterocycles. The molecule has 3 aromatic carbocycles. The fraction of sp³-hybridized carbons (Fsp3) is 0.179. The van der Waals surface area contributed by atoms with Crippen molar-refractivity contribution in [3.05, 3.63) is 86.4 Å². The zero-order valence-electron chi connectivity index (χ0n) is 20.5. The molecule has 7 nitrogen and oxygen atoms in total. The van der Waals surface area contributed by atoms with Crippen LogP contribution in [0.2, 0.25) is 5.02 Å². The molecule has 0 radical (unpaired) electrons. The predicted octanol–water partition coefficient (Wildman–Crippen LogP) is 6.68. The molecule has 3 rings (SSSR count). The molecular formula is C28H25BrClN3O4. The Morgan fingerprint density at radius 1 is 1.05 bits per heavy atom. The minimum Gasteiger partial charge on any atom is -0.490 e. The first-order valence-electron chi connectivity index (χ1n) is 11.4. The summed E-state index contributed by atoms with van der Waals surface area (Å²) in [5, 5.41) is 15.5. The maximum absolute atomic E-state index is 12.8. The zero-order chi connectivity index (χ0) is 26.9. The summed E-state index contributed by atoms with van der Waals surface area (Å²) in [6.45, 7) is 5.70. The molecule has 0 bridgehead atoms. The molecule has 0 aromatic heterocycles. The highest BCUT2D eigenvalue weighted by Gasteiger charge is 2.16. The minimum absolute atomic E-state index is 0.0814. The van der Waals surface area contributed by atoms with Crippen LogP contribution in [0.25, 0.3) is 6.08 Å². The summed E-state index contributed by atoms with van der Waals surface area (Å²) >= 11 is 9.53. The average molecular weight is 583 g/mol. The van der Waals surface area contributed by atoms with Gasteiger partial charge in [0.2, 0.25) is 0 Å². The van der Waals surface area contributed by atoms with E-state index in [4.69, 9.17) is 21.1 Å². The summed E-state index contributed by atoms with van der Waals surface area (Å²) in [6.07, 6.45) is 1.46. The van der Waals surface area contributed by atoms with Crippen LogP contribution in [0.4, 0.5) is 11.4 Å². The number of aryl methyl sites for hydroxylation is 2. The van der Waals surface area contributed by atoms with Gasteiger partial charge in [-0.15, -0.1) is 0 Å². The van der Waals surface area contributed by atoms with Crippen LogP contribution in [0.3, 0.4) is 0 Å². The zero-order valence-corrected chi connectivity index (χ0v) is 22.9. The molecule has 9 heteroatoms. The van der Waals surface area contributed by atoms with Crippen molar-refractivity contribution in [2.75, 3.05) is 23.8 Å². The van der Waals surface area contributed by atoms with Crippen molar-refractivity contribution < 1.29 is 19.1 Å². The number of hydrogen-bond donors (Lipinski definition) is 2. The largest absolute Gasteiger partial charge is 0.490 e. The van der Waals surface area contributed by atoms with E-state index in [1.807, 2.05) is 39.0 Å². The number of ether oxygens (including phenoxy) is 2. The van der Waals surface area contributed by atoms with Crippen LogP contribution >= 0.6 is 27.5 Å². The Bertz CT molecular complexity index is 1400. The number of carbonyl (C=O) groups excluding carboxylic acids is 2. The molecule has 0 heterocycles. The summed E-state index contributed by atoms with van der Waals surface area (Å²) in [7, 11) is 0. The molecule has 37 heavy (non-hydrogen) atoms. The van der Waals surface area contributed by atoms with Gasteiger partial charge in [-0.05, 0) is 84.2 Å². The van der Waals surface area contributed by atoms with Crippen molar-refractivity contribution >= 4 is 56.8 Å². The fourth-order valence-electron chi connectivity index (χ4n) is 3.42. The molecule has 0 saturated heterocycles. The number of para-hydroxylation sites is 1. The van der Waals surface area contributed by atoms with E-state index < -0.39 is 11.8 Å². The average Bonchev–Trinajstić information content (AvgIpc) is 2.85. The van der Waals surface area contributed by atoms with E-state index in [9.17, 15) is 14.9 Å². The normalized spacial score (nSPS) is 10.9. The number of rotatable bonds is 9. The van der Waals surface area contributed by atoms with Crippen molar-refractivity contribution in [3.8, 4) is 17.6 Å². The second-order valence-electron chi connectivity index (χ2n) is 8.02. The van der Waals surface area contributed by atoms with Crippen LogP contribution in [0.15, 0.2) is 64.6 Å². The topological polar surface area (TPSA) is 100 Å². The molecular weight excluding hydrogens is 558 g/mol. The number of nitrogens with zero attached hydrogens (tertiary/aromatic N) is 1. The van der Waals surface area contributed by atoms with E-state index in [-0.39, 0.29) is 12.2 Å². The molecule has 2 amide bonds. The molecule has 0 aliphatic carbocycles. The Hall–Kier alpha value is -3.80. The first-order chi connectivity index (χ1) is 17.7. The maximum Gasteiger partial charge on any atom is 0.266 e. The fourth-order valence-corrected chi connectivity index (χ4v) is 4.18. The summed E-state index contributed by atoms with van der Waals surface area (Å²) in [4.78, 5) is 25.2. The molecule has 3 aromatic rings. The van der Waals surface area contributed by atoms with Crippen LogP contribution in [-0.4, -0.2) is 25.0 Å². The van der Waals surface area contributed by atoms with Gasteiger partial charge in [-0.2, -0.15) is 5.26 Å². The monoisotopic (exact) mass is 581 g/mol. The summed E-state index contributed by atoms with van der Waals surface area (Å²) in [5.74, 6) is -0.270. The van der Waals surface area contributed by atoms with E-state index in [1.165, 1.54) is 6.08 Å². The SMILES string of the molecule is CCOc1cc(/C=C(\C#N)C(=O)Nc2ccc(C)cc2C)cc(Br)c1OCC(=O)Nc1ccccc1Cl. The van der Waals surface area contributed by atoms with Crippen molar-refractivity contribution in [3.63, 3.8) is 0 Å². The number of nitrogens with one attached hydrogen (secondary N) is 2. The Labute approximate surface area is 229 Å². The van der Waals surface area contributed by atoms with Crippen LogP contribution in [0.1, 0.15) is 23.6 Å². The van der Waals surface area contributed by atoms with Gasteiger partial charge in [0.05, 0.1) is 21.8 Å². The summed E-state index contributed by atoms with van der Waals surface area (Å²) in [5.41, 5.74) is 3.53. The van der Waals surface area contributed by atoms with Gasteiger partial charge in [-0.3, -0.25) is 9.59 Å². The standard InChI is InChI=1S/C28H25BrClN3O4/c1-4-36-25-14-19(12-20(15-31)28(35)33-23-10-9-17(2)11-18(23)3)13-21(29)27(25)37-16-26(34)32-24-8-6-5-7-22(24)30/h5-14H,4,16H2,1-3H3,(H,32,34)(H,33,35)/b20-12+. The van der Waals surface area contributed by atoms with Gasteiger partial charge < -0.3 is 20.1 Å². The molecule has 0 atom stereocenters. The lowest BCUT2D eigenvalue weighted by Crippen LogP contribution is -2.20. The van der Waals surface area contributed by atoms with Crippen molar-refractivity contribution in [2.45, 2.75) is 20.8 Å². The van der Waals surface area contributed by atoms with Gasteiger partial charge in [-0.1, -0.05) is 41.4 Å². The van der Waals surface area contributed by atoms with E-state index in [2.05, 4.69) is 26.6 Å². The van der Waals surface area contributed by atoms with E-state index in [0.717, 1.165) is 11.1 Å². The van der Waals surface area contributed by atoms with Gasteiger partial charge in [-0.25, -0.2) is 0 Å². The number of carbonyl (C=O) groups is 2. The first-order valence-corrected chi connectivity index (χ1v) is 12.5. The highest BCUT2D eigenvalue weighted by atomic mass is 79.9. The van der Waals surface area contributed by atoms with Crippen molar-refractivity contribution in [1.82, 2.24) is 0 Å². The van der Waals surface area contributed by atoms with E-state index in [0.29, 0.717) is 44.5 Å². The Balaban J connectivity index is 1.79. The minimum atomic E-state index is -0.528. The third kappa shape index (κ3) is 7.59. The molecule has 0 unspecified atom stereocenters. The van der Waals surface area contributed by atoms with Gasteiger partial charge in [0, 0.05) is 5.69 Å². The lowest BCUT2D eigenvalue weighted by molar-refractivity contribution is -0.118. The lowest BCUT2D eigenvalue weighted by Gasteiger charge is -2.15. The van der Waals surface area contributed by atoms with Gasteiger partial charge >= 0.3 is 0 Å². The third-order valence-electron chi connectivity index (χ3n) is 5.13. The van der Waals surface area contributed by atoms with Crippen molar-refractivity contribution in [1.29, 1.82) is 5.26 Å². The van der Waals surface area contributed by atoms with Gasteiger partial charge in [0.1, 0.15) is 11.6 Å². The third-order valence-corrected chi connectivity index (χ3v) is 6.05. The number of benzene rings is 3. The molecule has 190 valence electrons. The smallest absolute Gasteiger partial charge is 0.266 e. The van der Waals surface area contributed by atoms with E-state index >= 15 is 0 Å². The van der Waals surface area contributed by atoms with E-state index in [1.54, 1.807) is 42.5 Å². The van der Waals surface area contributed by atoms with Crippen LogP contribution < -0.4 is 20.1 Å². The van der Waals surface area contributed by atoms with Gasteiger partial charge in [0.15, 0.2) is 18.1 Å². The maximum atomic E-state index is 12.8. The van der Waals surface area contributed by atoms with Gasteiger partial charge in [0.25, 0.3) is 11.8 Å². The summed E-state index contributed by atoms with van der Waals surface area (Å²) < 4.78 is 11.9. The highest BCUT2D eigenvalue weighted by Crippen LogP contribution is 2.37. The van der Waals surface area contributed by atoms with Crippen LogP contribution in [0.5, 0.6) is 11.5 Å². The second-order valence-corrected chi connectivity index (χ2v) is 9.28. The Morgan fingerprint density at radius 3 is 2.49 bits per heavy atom. The molecule has 2 N–H and O–H groups in total. The number of hydrogen-bond acceptors (Lipinski definition) is 5. The van der Waals surface area contributed by atoms with Crippen LogP contribution in [-0.2, 0) is 9.59 Å². The number of anilines is 2. The highest BCUT2D eigenvalue weighted by molar-refractivity contribution is 9.10. The van der Waals surface area contributed by atoms with Crippen LogP contribution in [0, 0.1) is 25.2 Å².